The number of aromatic nitrogens is 1. The topological polar surface area (TPSA) is 85.3 Å². The molecule has 0 saturated carbocycles. The minimum absolute atomic E-state index is 0.164. The molecule has 0 aliphatic carbocycles. The van der Waals surface area contributed by atoms with Crippen molar-refractivity contribution in [2.45, 2.75) is 13.5 Å². The van der Waals surface area contributed by atoms with Gasteiger partial charge in [-0.1, -0.05) is 0 Å². The summed E-state index contributed by atoms with van der Waals surface area (Å²) in [4.78, 5) is 22.9. The van der Waals surface area contributed by atoms with Crippen molar-refractivity contribution < 1.29 is 18.7 Å². The van der Waals surface area contributed by atoms with Crippen molar-refractivity contribution in [3.05, 3.63) is 39.7 Å². The first-order valence-electron chi connectivity index (χ1n) is 5.42. The van der Waals surface area contributed by atoms with Gasteiger partial charge in [-0.2, -0.15) is 0 Å². The summed E-state index contributed by atoms with van der Waals surface area (Å²) >= 11 is 0. The van der Waals surface area contributed by atoms with Crippen LogP contribution in [0.2, 0.25) is 0 Å². The summed E-state index contributed by atoms with van der Waals surface area (Å²) in [6, 6.07) is 0.671. The van der Waals surface area contributed by atoms with Crippen LogP contribution < -0.4 is 11.2 Å². The number of halogens is 2. The van der Waals surface area contributed by atoms with Crippen molar-refractivity contribution in [2.75, 3.05) is 5.73 Å². The van der Waals surface area contributed by atoms with E-state index in [4.69, 9.17) is 10.8 Å². The summed E-state index contributed by atoms with van der Waals surface area (Å²) in [5.41, 5.74) is 3.43. The van der Waals surface area contributed by atoms with Crippen LogP contribution in [0, 0.1) is 11.6 Å². The number of aromatic carboxylic acids is 1. The molecule has 5 nitrogen and oxygen atoms in total. The lowest BCUT2D eigenvalue weighted by molar-refractivity contribution is 0.0695. The van der Waals surface area contributed by atoms with E-state index < -0.39 is 28.6 Å². The normalized spacial score (nSPS) is 10.9. The summed E-state index contributed by atoms with van der Waals surface area (Å²) in [6.07, 6.45) is 0.981. The van der Waals surface area contributed by atoms with Crippen molar-refractivity contribution in [3.63, 3.8) is 0 Å². The molecule has 0 aliphatic heterocycles. The Morgan fingerprint density at radius 2 is 2.11 bits per heavy atom. The van der Waals surface area contributed by atoms with Gasteiger partial charge in [-0.15, -0.1) is 0 Å². The molecule has 1 aromatic heterocycles. The minimum atomic E-state index is -1.45. The number of hydrogen-bond donors (Lipinski definition) is 2. The first-order chi connectivity index (χ1) is 8.88. The van der Waals surface area contributed by atoms with Gasteiger partial charge >= 0.3 is 5.97 Å². The van der Waals surface area contributed by atoms with Crippen molar-refractivity contribution in [1.82, 2.24) is 4.57 Å². The van der Waals surface area contributed by atoms with Crippen LogP contribution in [0.15, 0.2) is 17.1 Å². The zero-order valence-corrected chi connectivity index (χ0v) is 9.91. The van der Waals surface area contributed by atoms with Crippen LogP contribution in [0.1, 0.15) is 17.3 Å². The van der Waals surface area contributed by atoms with Gasteiger partial charge in [0.1, 0.15) is 5.56 Å². The van der Waals surface area contributed by atoms with Crippen LogP contribution in [0.5, 0.6) is 0 Å². The lowest BCUT2D eigenvalue weighted by atomic mass is 10.1. The Morgan fingerprint density at radius 1 is 1.47 bits per heavy atom. The molecule has 1 aromatic carbocycles. The summed E-state index contributed by atoms with van der Waals surface area (Å²) in [5.74, 6) is -3.85. The van der Waals surface area contributed by atoms with Crippen molar-refractivity contribution in [3.8, 4) is 0 Å². The van der Waals surface area contributed by atoms with Gasteiger partial charge in [0, 0.05) is 24.5 Å². The number of nitrogens with zero attached hydrogens (tertiary/aromatic N) is 1. The SMILES string of the molecule is CCn1cc(C(=O)O)c(=O)c2c(N)cc(F)c(F)c21. The first-order valence-corrected chi connectivity index (χ1v) is 5.42. The zero-order chi connectivity index (χ0) is 14.3. The molecule has 0 radical (unpaired) electrons. The Kier molecular flexibility index (Phi) is 2.97. The second-order valence-electron chi connectivity index (χ2n) is 3.95. The predicted molar refractivity (Wildman–Crippen MR) is 65.2 cm³/mol. The molecule has 0 spiro atoms. The third-order valence-corrected chi connectivity index (χ3v) is 2.84. The number of aryl methyl sites for hydroxylation is 1. The molecule has 19 heavy (non-hydrogen) atoms. The highest BCUT2D eigenvalue weighted by Crippen LogP contribution is 2.24. The molecule has 7 heteroatoms. The molecule has 0 aliphatic rings. The number of carboxylic acid groups (broad SMARTS) is 1. The number of carboxylic acids is 1. The highest BCUT2D eigenvalue weighted by molar-refractivity contribution is 5.97. The van der Waals surface area contributed by atoms with Crippen LogP contribution in [0.25, 0.3) is 10.9 Å². The highest BCUT2D eigenvalue weighted by Gasteiger charge is 2.20. The van der Waals surface area contributed by atoms with Crippen LogP contribution in [0.4, 0.5) is 14.5 Å². The number of nitrogen functional groups attached to an aromatic ring is 1. The van der Waals surface area contributed by atoms with Gasteiger partial charge in [0.25, 0.3) is 0 Å². The Bertz CT molecular complexity index is 753. The van der Waals surface area contributed by atoms with Crippen LogP contribution in [-0.4, -0.2) is 15.6 Å². The Labute approximate surface area is 105 Å². The first kappa shape index (κ1) is 13.0. The maximum Gasteiger partial charge on any atom is 0.341 e. The van der Waals surface area contributed by atoms with E-state index in [-0.39, 0.29) is 23.1 Å². The van der Waals surface area contributed by atoms with Crippen LogP contribution in [0.3, 0.4) is 0 Å². The summed E-state index contributed by atoms with van der Waals surface area (Å²) < 4.78 is 28.3. The average molecular weight is 268 g/mol. The molecule has 0 fully saturated rings. The molecule has 100 valence electrons. The number of hydrogen-bond acceptors (Lipinski definition) is 3. The maximum atomic E-state index is 13.8. The Morgan fingerprint density at radius 3 is 2.63 bits per heavy atom. The van der Waals surface area contributed by atoms with Gasteiger partial charge in [0.05, 0.1) is 10.9 Å². The minimum Gasteiger partial charge on any atom is -0.477 e. The number of rotatable bonds is 2. The van der Waals surface area contributed by atoms with Gasteiger partial charge in [-0.05, 0) is 6.92 Å². The molecule has 2 rings (SSSR count). The quantitative estimate of drug-likeness (QED) is 0.810. The number of anilines is 1. The number of carbonyl (C=O) groups is 1. The van der Waals surface area contributed by atoms with Crippen LogP contribution >= 0.6 is 0 Å². The summed E-state index contributed by atoms with van der Waals surface area (Å²) in [6.45, 7) is 1.77. The molecular weight excluding hydrogens is 258 g/mol. The van der Waals surface area contributed by atoms with Crippen LogP contribution in [-0.2, 0) is 6.54 Å². The summed E-state index contributed by atoms with van der Waals surface area (Å²) in [5, 5.41) is 8.62. The molecule has 0 saturated heterocycles. The number of nitrogens with two attached hydrogens (primary N) is 1. The maximum absolute atomic E-state index is 13.8. The van der Waals surface area contributed by atoms with Gasteiger partial charge in [0.15, 0.2) is 11.6 Å². The van der Waals surface area contributed by atoms with E-state index in [0.717, 1.165) is 10.8 Å². The molecule has 3 N–H and O–H groups in total. The van der Waals surface area contributed by atoms with Gasteiger partial charge in [0.2, 0.25) is 5.43 Å². The van der Waals surface area contributed by atoms with E-state index in [2.05, 4.69) is 0 Å². The smallest absolute Gasteiger partial charge is 0.341 e. The lowest BCUT2D eigenvalue weighted by Gasteiger charge is -2.12. The fourth-order valence-corrected chi connectivity index (χ4v) is 1.96. The molecule has 0 atom stereocenters. The third-order valence-electron chi connectivity index (χ3n) is 2.84. The molecule has 2 aromatic rings. The molecule has 0 unspecified atom stereocenters. The fourth-order valence-electron chi connectivity index (χ4n) is 1.96. The molecular formula is C12H10F2N2O3. The van der Waals surface area contributed by atoms with Gasteiger partial charge in [-0.25, -0.2) is 13.6 Å². The largest absolute Gasteiger partial charge is 0.477 e. The van der Waals surface area contributed by atoms with Gasteiger partial charge in [-0.3, -0.25) is 4.79 Å². The van der Waals surface area contributed by atoms with Crippen molar-refractivity contribution >= 4 is 22.6 Å². The van der Waals surface area contributed by atoms with E-state index in [0.29, 0.717) is 6.07 Å². The van der Waals surface area contributed by atoms with E-state index >= 15 is 0 Å². The van der Waals surface area contributed by atoms with Gasteiger partial charge < -0.3 is 15.4 Å². The van der Waals surface area contributed by atoms with E-state index in [1.54, 1.807) is 6.92 Å². The monoisotopic (exact) mass is 268 g/mol. The third kappa shape index (κ3) is 1.83. The second-order valence-corrected chi connectivity index (χ2v) is 3.95. The zero-order valence-electron chi connectivity index (χ0n) is 9.91. The average Bonchev–Trinajstić information content (AvgIpc) is 2.35. The number of benzene rings is 1. The van der Waals surface area contributed by atoms with E-state index in [9.17, 15) is 18.4 Å². The number of pyridine rings is 1. The second kappa shape index (κ2) is 4.34. The molecule has 0 bridgehead atoms. The number of fused-ring (bicyclic) bond motifs is 1. The van der Waals surface area contributed by atoms with Crippen molar-refractivity contribution in [2.24, 2.45) is 0 Å². The lowest BCUT2D eigenvalue weighted by Crippen LogP contribution is -2.20. The van der Waals surface area contributed by atoms with E-state index in [1.807, 2.05) is 0 Å². The molecule has 1 heterocycles. The highest BCUT2D eigenvalue weighted by atomic mass is 19.2. The summed E-state index contributed by atoms with van der Waals surface area (Å²) in [7, 11) is 0. The Balaban J connectivity index is 3.12. The predicted octanol–water partition coefficient (Wildman–Crippen LogP) is 1.58. The van der Waals surface area contributed by atoms with Crippen molar-refractivity contribution in [1.29, 1.82) is 0 Å². The molecule has 0 amide bonds. The fraction of sp³-hybridized carbons (Fsp3) is 0.167. The van der Waals surface area contributed by atoms with E-state index in [1.165, 1.54) is 0 Å². The Hall–Kier alpha value is -2.44. The standard InChI is InChI=1S/C12H10F2N2O3/c1-2-16-4-5(12(18)19)11(17)8-7(15)3-6(13)9(14)10(8)16/h3-4H,2,15H2,1H3,(H,18,19).